The Bertz CT molecular complexity index is 1610. The van der Waals surface area contributed by atoms with Crippen molar-refractivity contribution in [2.24, 2.45) is 5.92 Å². The number of benzene rings is 2. The van der Waals surface area contributed by atoms with E-state index in [1.165, 1.54) is 31.4 Å². The molecule has 2 aliphatic heterocycles. The summed E-state index contributed by atoms with van der Waals surface area (Å²) in [5.74, 6) is 0.345. The highest BCUT2D eigenvalue weighted by Crippen LogP contribution is 2.36. The van der Waals surface area contributed by atoms with Gasteiger partial charge in [0.1, 0.15) is 6.61 Å². The second-order valence-corrected chi connectivity index (χ2v) is 14.7. The number of sulfonamides is 1. The molecule has 1 amide bonds. The number of rotatable bonds is 5. The molecule has 234 valence electrons. The molecule has 6 rings (SSSR count). The van der Waals surface area contributed by atoms with Crippen molar-refractivity contribution in [1.29, 1.82) is 0 Å². The van der Waals surface area contributed by atoms with E-state index >= 15 is 0 Å². The van der Waals surface area contributed by atoms with Gasteiger partial charge in [-0.15, -0.1) is 0 Å². The van der Waals surface area contributed by atoms with Crippen LogP contribution in [0.1, 0.15) is 73.9 Å². The molecule has 3 aliphatic rings. The average Bonchev–Trinajstić information content (AvgIpc) is 2.96. The van der Waals surface area contributed by atoms with Crippen LogP contribution in [-0.4, -0.2) is 71.9 Å². The quantitative estimate of drug-likeness (QED) is 0.384. The molecular formula is C34H43N5O4S. The summed E-state index contributed by atoms with van der Waals surface area (Å²) in [6.45, 7) is 10.8. The van der Waals surface area contributed by atoms with Crippen LogP contribution in [-0.2, 0) is 10.0 Å². The maximum absolute atomic E-state index is 14.3. The molecule has 3 aromatic rings. The number of likely N-dealkylation sites (tertiary alicyclic amines) is 1. The minimum Gasteiger partial charge on any atom is -0.475 e. The first-order valence-corrected chi connectivity index (χ1v) is 17.4. The number of piperidine rings is 1. The van der Waals surface area contributed by atoms with Crippen LogP contribution in [0.2, 0.25) is 0 Å². The lowest BCUT2D eigenvalue weighted by Crippen LogP contribution is -2.60. The first kappa shape index (κ1) is 30.5. The zero-order chi connectivity index (χ0) is 31.0. The van der Waals surface area contributed by atoms with E-state index in [4.69, 9.17) is 4.74 Å². The Balaban J connectivity index is 1.42. The normalized spacial score (nSPS) is 23.9. The summed E-state index contributed by atoms with van der Waals surface area (Å²) in [6, 6.07) is 14.4. The topological polar surface area (TPSA) is 105 Å². The van der Waals surface area contributed by atoms with Crippen LogP contribution in [0.15, 0.2) is 53.4 Å². The molecule has 0 radical (unpaired) electrons. The van der Waals surface area contributed by atoms with Gasteiger partial charge in [0.15, 0.2) is 0 Å². The van der Waals surface area contributed by atoms with Gasteiger partial charge in [-0.25, -0.2) is 18.1 Å². The van der Waals surface area contributed by atoms with Gasteiger partial charge in [-0.2, -0.15) is 4.98 Å². The summed E-state index contributed by atoms with van der Waals surface area (Å²) in [7, 11) is -4.09. The lowest BCUT2D eigenvalue weighted by atomic mass is 9.81. The van der Waals surface area contributed by atoms with E-state index in [2.05, 4.69) is 33.4 Å². The fourth-order valence-corrected chi connectivity index (χ4v) is 7.99. The van der Waals surface area contributed by atoms with Gasteiger partial charge < -0.3 is 14.5 Å². The Hall–Kier alpha value is -3.50. The summed E-state index contributed by atoms with van der Waals surface area (Å²) in [4.78, 5) is 28.0. The molecule has 4 bridgehead atoms. The van der Waals surface area contributed by atoms with Crippen molar-refractivity contribution in [3.8, 4) is 17.1 Å². The molecule has 44 heavy (non-hydrogen) atoms. The summed E-state index contributed by atoms with van der Waals surface area (Å²) in [6.07, 6.45) is 6.31. The summed E-state index contributed by atoms with van der Waals surface area (Å²) < 4.78 is 36.2. The number of nitrogens with zero attached hydrogens (tertiary/aromatic N) is 4. The fraction of sp³-hybridized carbons (Fsp3) is 0.500. The average molecular weight is 618 g/mol. The largest absolute Gasteiger partial charge is 0.475 e. The van der Waals surface area contributed by atoms with E-state index in [1.807, 2.05) is 36.9 Å². The third-order valence-corrected chi connectivity index (χ3v) is 10.6. The SMILES string of the molecule is Cc1cccc(C)c1-c1cc2nc(n1)NS(=O)(=O)c1cccc(c1)C(=O)N(C1CC(N3CCCCC3)C1)[C@H](CC(C)C)CO2. The maximum atomic E-state index is 14.3. The number of aryl methyl sites for hydroxylation is 2. The van der Waals surface area contributed by atoms with E-state index < -0.39 is 10.0 Å². The summed E-state index contributed by atoms with van der Waals surface area (Å²) >= 11 is 0. The summed E-state index contributed by atoms with van der Waals surface area (Å²) in [5, 5.41) is 0. The van der Waals surface area contributed by atoms with Gasteiger partial charge in [0, 0.05) is 29.3 Å². The monoisotopic (exact) mass is 617 g/mol. The number of carbonyl (C=O) groups is 1. The Kier molecular flexibility index (Phi) is 8.66. The molecular weight excluding hydrogens is 574 g/mol. The number of nitrogens with one attached hydrogen (secondary N) is 1. The molecule has 1 aliphatic carbocycles. The number of amides is 1. The molecule has 1 atom stereocenters. The highest BCUT2D eigenvalue weighted by atomic mass is 32.2. The Morgan fingerprint density at radius 3 is 2.36 bits per heavy atom. The molecule has 1 N–H and O–H groups in total. The van der Waals surface area contributed by atoms with Gasteiger partial charge in [-0.1, -0.05) is 44.5 Å². The number of hydrogen-bond donors (Lipinski definition) is 1. The van der Waals surface area contributed by atoms with Crippen molar-refractivity contribution in [3.05, 3.63) is 65.2 Å². The third kappa shape index (κ3) is 6.33. The van der Waals surface area contributed by atoms with Crippen LogP contribution < -0.4 is 9.46 Å². The van der Waals surface area contributed by atoms with Gasteiger partial charge >= 0.3 is 0 Å². The first-order chi connectivity index (χ1) is 21.1. The number of fused-ring (bicyclic) bond motifs is 4. The zero-order valence-electron chi connectivity index (χ0n) is 26.1. The van der Waals surface area contributed by atoms with Gasteiger partial charge in [-0.3, -0.25) is 4.79 Å². The van der Waals surface area contributed by atoms with Gasteiger partial charge in [0.05, 0.1) is 16.6 Å². The van der Waals surface area contributed by atoms with Crippen molar-refractivity contribution >= 4 is 21.9 Å². The van der Waals surface area contributed by atoms with Crippen molar-refractivity contribution in [2.45, 2.75) is 89.2 Å². The van der Waals surface area contributed by atoms with Crippen LogP contribution in [0.5, 0.6) is 5.88 Å². The number of aromatic nitrogens is 2. The smallest absolute Gasteiger partial charge is 0.264 e. The summed E-state index contributed by atoms with van der Waals surface area (Å²) in [5.41, 5.74) is 3.85. The van der Waals surface area contributed by atoms with Crippen LogP contribution in [0, 0.1) is 19.8 Å². The van der Waals surface area contributed by atoms with E-state index in [1.54, 1.807) is 18.2 Å². The van der Waals surface area contributed by atoms with Crippen molar-refractivity contribution in [1.82, 2.24) is 19.8 Å². The maximum Gasteiger partial charge on any atom is 0.264 e. The van der Waals surface area contributed by atoms with Gasteiger partial charge in [-0.05, 0) is 94.3 Å². The standard InChI is InChI=1S/C34H43N5O4S/c1-22(2)16-28-21-43-31-20-30(32-23(3)10-8-11-24(32)4)35-34(36-31)37-44(41,42)29-13-9-12-25(17-29)33(40)39(28)27-18-26(19-27)38-14-6-5-7-15-38/h8-13,17,20,22,26-28H,5-7,14-16,18-19,21H2,1-4H3,(H,35,36,37)/t26?,27?,28-/m1/s1. The molecule has 1 aromatic heterocycles. The molecule has 2 fully saturated rings. The van der Waals surface area contributed by atoms with Crippen LogP contribution in [0.4, 0.5) is 5.95 Å². The van der Waals surface area contributed by atoms with Gasteiger partial charge in [0.2, 0.25) is 11.8 Å². The Morgan fingerprint density at radius 1 is 0.955 bits per heavy atom. The molecule has 9 nitrogen and oxygen atoms in total. The van der Waals surface area contributed by atoms with E-state index in [9.17, 15) is 13.2 Å². The Labute approximate surface area is 261 Å². The van der Waals surface area contributed by atoms with E-state index in [-0.39, 0.29) is 41.3 Å². The molecule has 1 saturated carbocycles. The second kappa shape index (κ2) is 12.5. The van der Waals surface area contributed by atoms with Crippen LogP contribution >= 0.6 is 0 Å². The highest BCUT2D eigenvalue weighted by Gasteiger charge is 2.42. The van der Waals surface area contributed by atoms with Crippen molar-refractivity contribution in [3.63, 3.8) is 0 Å². The van der Waals surface area contributed by atoms with Crippen molar-refractivity contribution < 1.29 is 17.9 Å². The fourth-order valence-electron chi connectivity index (χ4n) is 7.00. The second-order valence-electron chi connectivity index (χ2n) is 13.0. The minimum absolute atomic E-state index is 0.00805. The van der Waals surface area contributed by atoms with E-state index in [0.717, 1.165) is 49.0 Å². The predicted molar refractivity (Wildman–Crippen MR) is 171 cm³/mol. The molecule has 0 unspecified atom stereocenters. The number of hydrogen-bond acceptors (Lipinski definition) is 7. The first-order valence-electron chi connectivity index (χ1n) is 15.9. The number of ether oxygens (including phenoxy) is 1. The lowest BCUT2D eigenvalue weighted by molar-refractivity contribution is -0.00695. The van der Waals surface area contributed by atoms with Crippen LogP contribution in [0.3, 0.4) is 0 Å². The van der Waals surface area contributed by atoms with Gasteiger partial charge in [0.25, 0.3) is 15.9 Å². The molecule has 2 aromatic carbocycles. The molecule has 1 saturated heterocycles. The zero-order valence-corrected chi connectivity index (χ0v) is 26.9. The molecule has 0 spiro atoms. The van der Waals surface area contributed by atoms with E-state index in [0.29, 0.717) is 23.2 Å². The minimum atomic E-state index is -4.09. The lowest BCUT2D eigenvalue weighted by Gasteiger charge is -2.50. The van der Waals surface area contributed by atoms with Crippen LogP contribution in [0.25, 0.3) is 11.3 Å². The number of carbonyl (C=O) groups excluding carboxylic acids is 1. The third-order valence-electron chi connectivity index (χ3n) is 9.24. The molecule has 3 heterocycles. The number of anilines is 1. The molecule has 10 heteroatoms. The van der Waals surface area contributed by atoms with Crippen molar-refractivity contribution in [2.75, 3.05) is 24.4 Å². The Morgan fingerprint density at radius 2 is 1.66 bits per heavy atom. The highest BCUT2D eigenvalue weighted by molar-refractivity contribution is 7.92. The predicted octanol–water partition coefficient (Wildman–Crippen LogP) is 5.83.